The van der Waals surface area contributed by atoms with Crippen LogP contribution in [0.2, 0.25) is 0 Å². The first-order valence-corrected chi connectivity index (χ1v) is 11.8. The van der Waals surface area contributed by atoms with Crippen LogP contribution in [0.25, 0.3) is 11.1 Å². The van der Waals surface area contributed by atoms with Gasteiger partial charge in [0.05, 0.1) is 16.9 Å². The number of nitrogens with zero attached hydrogens (tertiary/aromatic N) is 2. The van der Waals surface area contributed by atoms with Crippen LogP contribution < -0.4 is 10.3 Å². The molecule has 0 radical (unpaired) electrons. The lowest BCUT2D eigenvalue weighted by Gasteiger charge is -2.18. The molecule has 0 atom stereocenters. The molecule has 5 rings (SSSR count). The number of para-hydroxylation sites is 1. The van der Waals surface area contributed by atoms with Crippen molar-refractivity contribution < 1.29 is 19.8 Å². The van der Waals surface area contributed by atoms with E-state index in [9.17, 15) is 19.8 Å². The van der Waals surface area contributed by atoms with E-state index < -0.39 is 5.97 Å². The van der Waals surface area contributed by atoms with Crippen molar-refractivity contribution in [2.75, 3.05) is 10.3 Å². The number of aryl methyl sites for hydroxylation is 3. The number of carbonyl (C=O) groups excluding carboxylic acids is 1. The second-order valence-corrected chi connectivity index (χ2v) is 9.09. The van der Waals surface area contributed by atoms with Crippen molar-refractivity contribution in [3.63, 3.8) is 0 Å². The summed E-state index contributed by atoms with van der Waals surface area (Å²) in [4.78, 5) is 26.6. The van der Waals surface area contributed by atoms with Gasteiger partial charge in [-0.3, -0.25) is 15.1 Å². The lowest BCUT2D eigenvalue weighted by atomic mass is 10.0. The SMILES string of the molecule is Cc1ccc2c(c1)N(c1ccc(C)c(C)c1)C(=O)C2=NNc1cccc(-c2cccc(C(=O)O)c2)c1O. The normalized spacial score (nSPS) is 13.6. The molecule has 0 fully saturated rings. The monoisotopic (exact) mass is 491 g/mol. The van der Waals surface area contributed by atoms with E-state index in [0.717, 1.165) is 28.1 Å². The highest BCUT2D eigenvalue weighted by atomic mass is 16.4. The number of carboxylic acid groups (broad SMARTS) is 1. The zero-order valence-corrected chi connectivity index (χ0v) is 20.6. The number of hydrogen-bond acceptors (Lipinski definition) is 5. The predicted molar refractivity (Wildman–Crippen MR) is 145 cm³/mol. The minimum Gasteiger partial charge on any atom is -0.505 e. The van der Waals surface area contributed by atoms with Crippen molar-refractivity contribution in [2.24, 2.45) is 5.10 Å². The third kappa shape index (κ3) is 4.31. The van der Waals surface area contributed by atoms with Crippen LogP contribution in [-0.2, 0) is 4.79 Å². The van der Waals surface area contributed by atoms with Crippen LogP contribution in [0.3, 0.4) is 0 Å². The number of rotatable bonds is 5. The summed E-state index contributed by atoms with van der Waals surface area (Å²) in [5, 5.41) is 24.7. The maximum absolute atomic E-state index is 13.6. The van der Waals surface area contributed by atoms with Crippen molar-refractivity contribution in [2.45, 2.75) is 20.8 Å². The lowest BCUT2D eigenvalue weighted by Crippen LogP contribution is -2.26. The highest BCUT2D eigenvalue weighted by molar-refractivity contribution is 6.55. The van der Waals surface area contributed by atoms with Crippen LogP contribution in [0.4, 0.5) is 17.1 Å². The van der Waals surface area contributed by atoms with Gasteiger partial charge in [-0.05, 0) is 79.4 Å². The zero-order chi connectivity index (χ0) is 26.3. The van der Waals surface area contributed by atoms with Crippen LogP contribution in [-0.4, -0.2) is 27.8 Å². The number of hydrazone groups is 1. The molecule has 0 aromatic heterocycles. The molecule has 4 aromatic carbocycles. The van der Waals surface area contributed by atoms with E-state index in [2.05, 4.69) is 10.5 Å². The maximum Gasteiger partial charge on any atom is 0.335 e. The molecule has 0 aliphatic carbocycles. The first kappa shape index (κ1) is 23.8. The third-order valence-corrected chi connectivity index (χ3v) is 6.55. The molecule has 1 aliphatic heterocycles. The van der Waals surface area contributed by atoms with Crippen LogP contribution in [0, 0.1) is 20.8 Å². The number of amides is 1. The fourth-order valence-electron chi connectivity index (χ4n) is 4.39. The Hall–Kier alpha value is -4.91. The van der Waals surface area contributed by atoms with Gasteiger partial charge in [0.25, 0.3) is 5.91 Å². The van der Waals surface area contributed by atoms with Crippen molar-refractivity contribution >= 4 is 34.7 Å². The van der Waals surface area contributed by atoms with E-state index in [-0.39, 0.29) is 28.6 Å². The minimum atomic E-state index is -1.05. The fraction of sp³-hybridized carbons (Fsp3) is 0.100. The Morgan fingerprint density at radius 2 is 1.65 bits per heavy atom. The number of fused-ring (bicyclic) bond motifs is 1. The maximum atomic E-state index is 13.6. The second kappa shape index (κ2) is 9.28. The molecule has 1 aliphatic rings. The molecule has 184 valence electrons. The quantitative estimate of drug-likeness (QED) is 0.229. The van der Waals surface area contributed by atoms with Gasteiger partial charge in [-0.2, -0.15) is 5.10 Å². The van der Waals surface area contributed by atoms with E-state index >= 15 is 0 Å². The topological polar surface area (TPSA) is 102 Å². The number of anilines is 3. The zero-order valence-electron chi connectivity index (χ0n) is 20.6. The number of phenols is 1. The summed E-state index contributed by atoms with van der Waals surface area (Å²) in [5.74, 6) is -1.43. The lowest BCUT2D eigenvalue weighted by molar-refractivity contribution is -0.111. The van der Waals surface area contributed by atoms with Gasteiger partial charge in [-0.15, -0.1) is 0 Å². The van der Waals surface area contributed by atoms with Crippen molar-refractivity contribution in [1.82, 2.24) is 0 Å². The smallest absolute Gasteiger partial charge is 0.335 e. The molecule has 37 heavy (non-hydrogen) atoms. The predicted octanol–water partition coefficient (Wildman–Crippen LogP) is 6.18. The van der Waals surface area contributed by atoms with Gasteiger partial charge in [0.15, 0.2) is 5.71 Å². The Labute approximate surface area is 214 Å². The van der Waals surface area contributed by atoms with Crippen LogP contribution >= 0.6 is 0 Å². The van der Waals surface area contributed by atoms with E-state index in [0.29, 0.717) is 16.7 Å². The van der Waals surface area contributed by atoms with Crippen molar-refractivity contribution in [1.29, 1.82) is 0 Å². The number of phenolic OH excluding ortho intramolecular Hbond substituents is 1. The summed E-state index contributed by atoms with van der Waals surface area (Å²) in [5.41, 5.74) is 9.91. The average molecular weight is 492 g/mol. The molecule has 3 N–H and O–H groups in total. The first-order valence-electron chi connectivity index (χ1n) is 11.8. The second-order valence-electron chi connectivity index (χ2n) is 9.09. The highest BCUT2D eigenvalue weighted by Gasteiger charge is 2.35. The molecule has 7 heteroatoms. The minimum absolute atomic E-state index is 0.102. The Balaban J connectivity index is 1.53. The fourth-order valence-corrected chi connectivity index (χ4v) is 4.39. The van der Waals surface area contributed by atoms with Crippen LogP contribution in [0.15, 0.2) is 84.0 Å². The van der Waals surface area contributed by atoms with Crippen LogP contribution in [0.1, 0.15) is 32.6 Å². The van der Waals surface area contributed by atoms with E-state index in [4.69, 9.17) is 0 Å². The number of carbonyl (C=O) groups is 2. The molecule has 4 aromatic rings. The molecule has 7 nitrogen and oxygen atoms in total. The summed E-state index contributed by atoms with van der Waals surface area (Å²) in [6.07, 6.45) is 0. The van der Waals surface area contributed by atoms with Crippen molar-refractivity contribution in [3.8, 4) is 16.9 Å². The van der Waals surface area contributed by atoms with E-state index in [1.165, 1.54) is 12.1 Å². The van der Waals surface area contributed by atoms with Gasteiger partial charge in [0.2, 0.25) is 0 Å². The number of hydrogen-bond donors (Lipinski definition) is 3. The summed E-state index contributed by atoms with van der Waals surface area (Å²) in [7, 11) is 0. The molecular formula is C30H25N3O4. The highest BCUT2D eigenvalue weighted by Crippen LogP contribution is 2.39. The largest absolute Gasteiger partial charge is 0.505 e. The molecule has 0 unspecified atom stereocenters. The number of aromatic carboxylic acids is 1. The summed E-state index contributed by atoms with van der Waals surface area (Å²) in [6.45, 7) is 6.01. The molecule has 1 heterocycles. The molecule has 1 amide bonds. The van der Waals surface area contributed by atoms with Crippen molar-refractivity contribution in [3.05, 3.63) is 107 Å². The first-order chi connectivity index (χ1) is 17.7. The van der Waals surface area contributed by atoms with Gasteiger partial charge in [0, 0.05) is 16.8 Å². The summed E-state index contributed by atoms with van der Waals surface area (Å²) >= 11 is 0. The Bertz CT molecular complexity index is 1610. The number of aromatic hydroxyl groups is 1. The van der Waals surface area contributed by atoms with Gasteiger partial charge < -0.3 is 10.2 Å². The summed E-state index contributed by atoms with van der Waals surface area (Å²) < 4.78 is 0. The van der Waals surface area contributed by atoms with Gasteiger partial charge in [-0.25, -0.2) is 4.79 Å². The Kier molecular flexibility index (Phi) is 5.97. The third-order valence-electron chi connectivity index (χ3n) is 6.55. The number of carboxylic acids is 1. The van der Waals surface area contributed by atoms with Crippen LogP contribution in [0.5, 0.6) is 5.75 Å². The van der Waals surface area contributed by atoms with Gasteiger partial charge >= 0.3 is 5.97 Å². The van der Waals surface area contributed by atoms with E-state index in [1.54, 1.807) is 35.2 Å². The van der Waals surface area contributed by atoms with Gasteiger partial charge in [-0.1, -0.05) is 42.5 Å². The number of nitrogens with one attached hydrogen (secondary N) is 1. The van der Waals surface area contributed by atoms with E-state index in [1.807, 2.05) is 57.2 Å². The van der Waals surface area contributed by atoms with Gasteiger partial charge in [0.1, 0.15) is 5.75 Å². The molecule has 0 bridgehead atoms. The molecule has 0 saturated heterocycles. The molecule has 0 saturated carbocycles. The molecule has 0 spiro atoms. The molecular weight excluding hydrogens is 466 g/mol. The Morgan fingerprint density at radius 1 is 0.865 bits per heavy atom. The Morgan fingerprint density at radius 3 is 2.41 bits per heavy atom. The number of benzene rings is 4. The standard InChI is InChI=1S/C30H25N3O4/c1-17-10-13-24-26(14-17)33(22-12-11-18(2)19(3)15-22)29(35)27(24)32-31-25-9-5-8-23(28(25)34)20-6-4-7-21(16-20)30(36)37/h4-16,31,34H,1-3H3,(H,36,37). The summed E-state index contributed by atoms with van der Waals surface area (Å²) in [6, 6.07) is 23.0. The average Bonchev–Trinajstić information content (AvgIpc) is 3.15.